The summed E-state index contributed by atoms with van der Waals surface area (Å²) in [6, 6.07) is 0. The summed E-state index contributed by atoms with van der Waals surface area (Å²) < 4.78 is 0. The minimum atomic E-state index is -0.250. The molecule has 73 valence electrons. The van der Waals surface area contributed by atoms with E-state index in [0.717, 1.165) is 19.7 Å². The molecule has 0 aliphatic carbocycles. The normalized spacial score (nSPS) is 5.54. The van der Waals surface area contributed by atoms with Crippen LogP contribution in [0.1, 0.15) is 0 Å². The van der Waals surface area contributed by atoms with E-state index in [1.807, 2.05) is 0 Å². The van der Waals surface area contributed by atoms with Crippen LogP contribution in [0.25, 0.3) is 0 Å². The Morgan fingerprint density at radius 2 is 1.38 bits per heavy atom. The smallest absolute Gasteiger partial charge is 0.382 e. The molecular formula is C4H11BN5O3. The van der Waals surface area contributed by atoms with Crippen LogP contribution in [0, 0.1) is 0 Å². The van der Waals surface area contributed by atoms with E-state index in [2.05, 4.69) is 27.0 Å². The molecule has 7 N–H and O–H groups in total. The minimum Gasteiger partial charge on any atom is -0.382 e. The first-order chi connectivity index (χ1) is 6.24. The summed E-state index contributed by atoms with van der Waals surface area (Å²) in [7, 11) is 0.764. The summed E-state index contributed by atoms with van der Waals surface area (Å²) in [5.41, 5.74) is 13.7. The Kier molecular flexibility index (Phi) is 42.2. The van der Waals surface area contributed by atoms with Gasteiger partial charge in [-0.2, -0.15) is 0 Å². The SMILES string of the molecule is NCN.NCO.O=C=N[B]N=C=O. The third kappa shape index (κ3) is 113. The van der Waals surface area contributed by atoms with Crippen molar-refractivity contribution in [2.45, 2.75) is 0 Å². The van der Waals surface area contributed by atoms with Gasteiger partial charge in [-0.3, -0.25) is 0 Å². The Hall–Kier alpha value is -1.34. The Bertz CT molecular complexity index is 147. The lowest BCUT2D eigenvalue weighted by Crippen LogP contribution is -2.08. The van der Waals surface area contributed by atoms with Crippen LogP contribution in [0.3, 0.4) is 0 Å². The van der Waals surface area contributed by atoms with Crippen molar-refractivity contribution in [3.63, 3.8) is 0 Å². The molecule has 0 rings (SSSR count). The largest absolute Gasteiger partial charge is 0.460 e. The highest BCUT2D eigenvalue weighted by Crippen LogP contribution is 1.55. The molecule has 0 unspecified atom stereocenters. The second-order valence-corrected chi connectivity index (χ2v) is 0.975. The van der Waals surface area contributed by atoms with E-state index in [1.165, 1.54) is 0 Å². The van der Waals surface area contributed by atoms with Crippen LogP contribution in [-0.2, 0) is 9.59 Å². The van der Waals surface area contributed by atoms with Crippen LogP contribution >= 0.6 is 0 Å². The molecule has 8 nitrogen and oxygen atoms in total. The Morgan fingerprint density at radius 3 is 1.54 bits per heavy atom. The van der Waals surface area contributed by atoms with E-state index in [-0.39, 0.29) is 13.4 Å². The monoisotopic (exact) mass is 188 g/mol. The van der Waals surface area contributed by atoms with Crippen molar-refractivity contribution in [3.8, 4) is 0 Å². The molecule has 1 radical (unpaired) electrons. The maximum absolute atomic E-state index is 9.17. The van der Waals surface area contributed by atoms with Gasteiger partial charge in [-0.1, -0.05) is 0 Å². The lowest BCUT2D eigenvalue weighted by molar-refractivity contribution is 0.307. The summed E-state index contributed by atoms with van der Waals surface area (Å²) in [6.07, 6.45) is 2.30. The molecule has 0 aliphatic rings. The number of isocyanates is 2. The molecule has 0 amide bonds. The lowest BCUT2D eigenvalue weighted by Gasteiger charge is -1.57. The second kappa shape index (κ2) is 31.0. The Labute approximate surface area is 75.8 Å². The molecule has 0 fully saturated rings. The molecule has 0 saturated heterocycles. The molecule has 0 atom stereocenters. The molecule has 0 aromatic rings. The molecule has 0 bridgehead atoms. The number of carbonyl (C=O) groups excluding carboxylic acids is 2. The molecule has 0 saturated carbocycles. The first-order valence-corrected chi connectivity index (χ1v) is 2.91. The predicted octanol–water partition coefficient (Wildman–Crippen LogP) is -3.05. The predicted molar refractivity (Wildman–Crippen MR) is 46.5 cm³/mol. The molecule has 0 heterocycles. The molecule has 0 aromatic heterocycles. The van der Waals surface area contributed by atoms with Gasteiger partial charge in [0.2, 0.25) is 12.2 Å². The van der Waals surface area contributed by atoms with Crippen LogP contribution in [-0.4, -0.2) is 38.2 Å². The number of aliphatic hydroxyl groups excluding tert-OH is 1. The summed E-state index contributed by atoms with van der Waals surface area (Å²) in [4.78, 5) is 23.9. The van der Waals surface area contributed by atoms with Crippen molar-refractivity contribution < 1.29 is 14.7 Å². The quantitative estimate of drug-likeness (QED) is 0.156. The van der Waals surface area contributed by atoms with Crippen molar-refractivity contribution in [2.24, 2.45) is 27.0 Å². The van der Waals surface area contributed by atoms with Crippen LogP contribution in [0.5, 0.6) is 0 Å². The van der Waals surface area contributed by atoms with Crippen LogP contribution in [0.4, 0.5) is 0 Å². The summed E-state index contributed by atoms with van der Waals surface area (Å²) in [6.45, 7) is 0. The first kappa shape index (κ1) is 17.7. The topological polar surface area (TPSA) is 157 Å². The highest BCUT2D eigenvalue weighted by Gasteiger charge is 1.73. The molecule has 0 aliphatic heterocycles. The third-order valence-corrected chi connectivity index (χ3v) is 0.221. The van der Waals surface area contributed by atoms with E-state index < -0.39 is 0 Å². The zero-order chi connectivity index (χ0) is 10.9. The van der Waals surface area contributed by atoms with Gasteiger partial charge in [-0.15, -0.1) is 0 Å². The summed E-state index contributed by atoms with van der Waals surface area (Å²) >= 11 is 0. The van der Waals surface area contributed by atoms with Crippen molar-refractivity contribution in [1.29, 1.82) is 0 Å². The molecule has 13 heavy (non-hydrogen) atoms. The average Bonchev–Trinajstić information content (AvgIpc) is 2.08. The number of hydrogen-bond acceptors (Lipinski definition) is 8. The van der Waals surface area contributed by atoms with Gasteiger partial charge in [0.1, 0.15) is 0 Å². The van der Waals surface area contributed by atoms with Gasteiger partial charge in [0.15, 0.2) is 0 Å². The maximum atomic E-state index is 9.17. The van der Waals surface area contributed by atoms with Crippen LogP contribution in [0.15, 0.2) is 9.81 Å². The summed E-state index contributed by atoms with van der Waals surface area (Å²) in [5.74, 6) is 0. The van der Waals surface area contributed by atoms with Gasteiger partial charge in [-0.25, -0.2) is 19.4 Å². The number of hydrogen-bond donors (Lipinski definition) is 4. The van der Waals surface area contributed by atoms with Crippen molar-refractivity contribution >= 4 is 19.7 Å². The van der Waals surface area contributed by atoms with Crippen molar-refractivity contribution in [1.82, 2.24) is 0 Å². The van der Waals surface area contributed by atoms with Crippen LogP contribution < -0.4 is 17.2 Å². The fourth-order valence-corrected chi connectivity index (χ4v) is 0.0760. The van der Waals surface area contributed by atoms with E-state index in [4.69, 9.17) is 14.7 Å². The molecule has 0 spiro atoms. The van der Waals surface area contributed by atoms with Gasteiger partial charge < -0.3 is 22.3 Å². The van der Waals surface area contributed by atoms with E-state index in [9.17, 15) is 0 Å². The van der Waals surface area contributed by atoms with E-state index in [0.29, 0.717) is 0 Å². The number of nitrogens with zero attached hydrogens (tertiary/aromatic N) is 2. The molecule has 0 aromatic carbocycles. The van der Waals surface area contributed by atoms with Gasteiger partial charge in [0, 0.05) is 6.67 Å². The lowest BCUT2D eigenvalue weighted by atomic mass is 10.2. The fourth-order valence-electron chi connectivity index (χ4n) is 0.0760. The fraction of sp³-hybridized carbons (Fsp3) is 0.500. The van der Waals surface area contributed by atoms with Gasteiger partial charge >= 0.3 is 7.55 Å². The number of nitrogens with two attached hydrogens (primary N) is 3. The van der Waals surface area contributed by atoms with E-state index in [1.54, 1.807) is 0 Å². The van der Waals surface area contributed by atoms with Gasteiger partial charge in [0.05, 0.1) is 6.73 Å². The highest BCUT2D eigenvalue weighted by molar-refractivity contribution is 6.33. The maximum Gasteiger partial charge on any atom is 0.460 e. The number of aliphatic hydroxyl groups is 1. The van der Waals surface area contributed by atoms with Crippen molar-refractivity contribution in [3.05, 3.63) is 0 Å². The molecule has 9 heteroatoms. The van der Waals surface area contributed by atoms with Crippen molar-refractivity contribution in [2.75, 3.05) is 13.4 Å². The zero-order valence-electron chi connectivity index (χ0n) is 6.88. The average molecular weight is 188 g/mol. The Balaban J connectivity index is -0.000000140. The zero-order valence-corrected chi connectivity index (χ0v) is 6.88. The standard InChI is InChI=1S/C2BN2O2.CH6N2.CH5NO/c6-1-4-3-5-2-7;2*2-1-3/h;1-3H2;3H,1-2H2. The number of rotatable bonds is 2. The van der Waals surface area contributed by atoms with Gasteiger partial charge in [0.25, 0.3) is 0 Å². The molecular weight excluding hydrogens is 177 g/mol. The van der Waals surface area contributed by atoms with Gasteiger partial charge in [-0.05, 0) is 0 Å². The summed E-state index contributed by atoms with van der Waals surface area (Å²) in [5, 5.41) is 7.35. The second-order valence-electron chi connectivity index (χ2n) is 0.975. The van der Waals surface area contributed by atoms with Crippen LogP contribution in [0.2, 0.25) is 0 Å². The first-order valence-electron chi connectivity index (χ1n) is 2.91. The Morgan fingerprint density at radius 1 is 1.15 bits per heavy atom. The van der Waals surface area contributed by atoms with E-state index >= 15 is 0 Å². The minimum absolute atomic E-state index is 0.250. The third-order valence-electron chi connectivity index (χ3n) is 0.221. The highest BCUT2D eigenvalue weighted by atomic mass is 16.3.